The van der Waals surface area contributed by atoms with E-state index in [1.807, 2.05) is 49.4 Å². The highest BCUT2D eigenvalue weighted by Crippen LogP contribution is 2.27. The summed E-state index contributed by atoms with van der Waals surface area (Å²) >= 11 is 7.81. The summed E-state index contributed by atoms with van der Waals surface area (Å²) in [6.45, 7) is 2.00. The minimum absolute atomic E-state index is 0.507. The van der Waals surface area contributed by atoms with Gasteiger partial charge in [-0.25, -0.2) is 4.98 Å². The zero-order valence-corrected chi connectivity index (χ0v) is 16.3. The number of hydrogen-bond donors (Lipinski definition) is 0. The Morgan fingerprint density at radius 2 is 1.85 bits per heavy atom. The normalized spacial score (nSPS) is 10.9. The summed E-state index contributed by atoms with van der Waals surface area (Å²) in [6, 6.07) is 13.6. The molecule has 0 fully saturated rings. The molecule has 0 spiro atoms. The van der Waals surface area contributed by atoms with E-state index in [1.54, 1.807) is 18.4 Å². The van der Waals surface area contributed by atoms with Crippen LogP contribution in [0.25, 0.3) is 22.6 Å². The Morgan fingerprint density at radius 1 is 1.07 bits per heavy atom. The van der Waals surface area contributed by atoms with Crippen LogP contribution < -0.4 is 4.74 Å². The Balaban J connectivity index is 1.51. The molecule has 4 rings (SSSR count). The maximum atomic E-state index is 6.17. The van der Waals surface area contributed by atoms with Crippen molar-refractivity contribution in [3.8, 4) is 28.4 Å². The fourth-order valence-corrected chi connectivity index (χ4v) is 3.63. The lowest BCUT2D eigenvalue weighted by Crippen LogP contribution is -1.91. The largest absolute Gasteiger partial charge is 0.495 e. The van der Waals surface area contributed by atoms with Crippen LogP contribution in [0.2, 0.25) is 5.02 Å². The average Bonchev–Trinajstić information content (AvgIpc) is 3.31. The fraction of sp³-hybridized carbons (Fsp3) is 0.150. The summed E-state index contributed by atoms with van der Waals surface area (Å²) in [4.78, 5) is 8.99. The standard InChI is InChI=1S/C20H16ClN3O2S/c1-12-22-17(11-27-12)14-4-6-15(7-5-14)20-23-19(26-24-20)10-13-3-8-18(25-2)16(21)9-13/h3-9,11H,10H2,1-2H3. The predicted molar refractivity (Wildman–Crippen MR) is 106 cm³/mol. The average molecular weight is 398 g/mol. The molecule has 0 saturated carbocycles. The Labute approximate surface area is 165 Å². The number of ether oxygens (including phenoxy) is 1. The van der Waals surface area contributed by atoms with E-state index >= 15 is 0 Å². The molecule has 0 N–H and O–H groups in total. The maximum absolute atomic E-state index is 6.17. The number of aromatic nitrogens is 3. The molecule has 0 aliphatic carbocycles. The summed E-state index contributed by atoms with van der Waals surface area (Å²) in [5, 5.41) is 7.75. The van der Waals surface area contributed by atoms with E-state index in [4.69, 9.17) is 20.9 Å². The van der Waals surface area contributed by atoms with Crippen molar-refractivity contribution in [2.75, 3.05) is 7.11 Å². The smallest absolute Gasteiger partial charge is 0.231 e. The Bertz CT molecular complexity index is 1070. The molecule has 27 heavy (non-hydrogen) atoms. The lowest BCUT2D eigenvalue weighted by molar-refractivity contribution is 0.385. The molecule has 0 radical (unpaired) electrons. The molecule has 0 atom stereocenters. The molecule has 2 heterocycles. The minimum atomic E-state index is 0.507. The van der Waals surface area contributed by atoms with E-state index in [0.717, 1.165) is 27.4 Å². The molecule has 0 saturated heterocycles. The summed E-state index contributed by atoms with van der Waals surface area (Å²) in [5.41, 5.74) is 3.92. The van der Waals surface area contributed by atoms with Crippen molar-refractivity contribution in [1.82, 2.24) is 15.1 Å². The molecule has 7 heteroatoms. The number of hydrogen-bond acceptors (Lipinski definition) is 6. The highest BCUT2D eigenvalue weighted by molar-refractivity contribution is 7.09. The molecule has 2 aromatic heterocycles. The predicted octanol–water partition coefficient (Wildman–Crippen LogP) is 5.42. The van der Waals surface area contributed by atoms with Gasteiger partial charge in [-0.1, -0.05) is 47.1 Å². The van der Waals surface area contributed by atoms with Crippen LogP contribution in [0.15, 0.2) is 52.4 Å². The summed E-state index contributed by atoms with van der Waals surface area (Å²) < 4.78 is 10.6. The number of thiazole rings is 1. The monoisotopic (exact) mass is 397 g/mol. The summed E-state index contributed by atoms with van der Waals surface area (Å²) in [6.07, 6.45) is 0.507. The number of rotatable bonds is 5. The van der Waals surface area contributed by atoms with Crippen LogP contribution in [0.3, 0.4) is 0 Å². The summed E-state index contributed by atoms with van der Waals surface area (Å²) in [7, 11) is 1.59. The first-order valence-corrected chi connectivity index (χ1v) is 9.56. The second-order valence-corrected chi connectivity index (χ2v) is 7.46. The summed E-state index contributed by atoms with van der Waals surface area (Å²) in [5.74, 6) is 1.73. The highest BCUT2D eigenvalue weighted by atomic mass is 35.5. The van der Waals surface area contributed by atoms with Gasteiger partial charge in [-0.2, -0.15) is 4.98 Å². The molecule has 4 aromatic rings. The Kier molecular flexibility index (Phi) is 4.92. The molecule has 5 nitrogen and oxygen atoms in total. The Morgan fingerprint density at radius 3 is 2.52 bits per heavy atom. The van der Waals surface area contributed by atoms with Crippen LogP contribution in [-0.2, 0) is 6.42 Å². The number of halogens is 1. The van der Waals surface area contributed by atoms with E-state index < -0.39 is 0 Å². The molecule has 0 bridgehead atoms. The van der Waals surface area contributed by atoms with Gasteiger partial charge in [0, 0.05) is 16.5 Å². The Hall–Kier alpha value is -2.70. The van der Waals surface area contributed by atoms with Crippen LogP contribution in [0.4, 0.5) is 0 Å². The molecular weight excluding hydrogens is 382 g/mol. The van der Waals surface area contributed by atoms with Crippen molar-refractivity contribution in [2.24, 2.45) is 0 Å². The number of aryl methyl sites for hydroxylation is 1. The van der Waals surface area contributed by atoms with Gasteiger partial charge in [0.2, 0.25) is 11.7 Å². The molecular formula is C20H16ClN3O2S. The highest BCUT2D eigenvalue weighted by Gasteiger charge is 2.11. The van der Waals surface area contributed by atoms with Crippen LogP contribution in [0, 0.1) is 6.92 Å². The quantitative estimate of drug-likeness (QED) is 0.450. The SMILES string of the molecule is COc1ccc(Cc2nc(-c3ccc(-c4csc(C)n4)cc3)no2)cc1Cl. The van der Waals surface area contributed by atoms with Crippen molar-refractivity contribution >= 4 is 22.9 Å². The fourth-order valence-electron chi connectivity index (χ4n) is 2.72. The molecule has 136 valence electrons. The van der Waals surface area contributed by atoms with Gasteiger partial charge >= 0.3 is 0 Å². The number of nitrogens with zero attached hydrogens (tertiary/aromatic N) is 3. The van der Waals surface area contributed by atoms with Gasteiger partial charge in [-0.05, 0) is 24.6 Å². The molecule has 0 aliphatic heterocycles. The maximum Gasteiger partial charge on any atom is 0.231 e. The topological polar surface area (TPSA) is 61.0 Å². The number of benzene rings is 2. The van der Waals surface area contributed by atoms with Gasteiger partial charge < -0.3 is 9.26 Å². The van der Waals surface area contributed by atoms with E-state index in [-0.39, 0.29) is 0 Å². The lowest BCUT2D eigenvalue weighted by atomic mass is 10.1. The van der Waals surface area contributed by atoms with Gasteiger partial charge in [-0.3, -0.25) is 0 Å². The van der Waals surface area contributed by atoms with Crippen molar-refractivity contribution < 1.29 is 9.26 Å². The zero-order valence-electron chi connectivity index (χ0n) is 14.8. The second kappa shape index (κ2) is 7.50. The van der Waals surface area contributed by atoms with Crippen molar-refractivity contribution in [3.63, 3.8) is 0 Å². The third kappa shape index (κ3) is 3.86. The lowest BCUT2D eigenvalue weighted by Gasteiger charge is -2.04. The third-order valence-corrected chi connectivity index (χ3v) is 5.17. The van der Waals surface area contributed by atoms with E-state index in [2.05, 4.69) is 20.5 Å². The molecule has 0 unspecified atom stereocenters. The second-order valence-electron chi connectivity index (χ2n) is 5.99. The van der Waals surface area contributed by atoms with Gasteiger partial charge in [0.25, 0.3) is 0 Å². The first-order chi connectivity index (χ1) is 13.1. The molecule has 0 aliphatic rings. The minimum Gasteiger partial charge on any atom is -0.495 e. The van der Waals surface area contributed by atoms with E-state index in [0.29, 0.717) is 28.9 Å². The number of methoxy groups -OCH3 is 1. The first kappa shape index (κ1) is 17.7. The zero-order chi connectivity index (χ0) is 18.8. The van der Waals surface area contributed by atoms with Crippen LogP contribution in [0.5, 0.6) is 5.75 Å². The van der Waals surface area contributed by atoms with Gasteiger partial charge in [0.1, 0.15) is 5.75 Å². The van der Waals surface area contributed by atoms with Gasteiger partial charge in [-0.15, -0.1) is 11.3 Å². The van der Waals surface area contributed by atoms with Crippen molar-refractivity contribution in [1.29, 1.82) is 0 Å². The molecule has 2 aromatic carbocycles. The first-order valence-electron chi connectivity index (χ1n) is 8.30. The van der Waals surface area contributed by atoms with Crippen molar-refractivity contribution in [3.05, 3.63) is 69.3 Å². The van der Waals surface area contributed by atoms with Crippen LogP contribution >= 0.6 is 22.9 Å². The molecule has 0 amide bonds. The van der Waals surface area contributed by atoms with Crippen LogP contribution in [0.1, 0.15) is 16.5 Å². The van der Waals surface area contributed by atoms with Crippen LogP contribution in [-0.4, -0.2) is 22.2 Å². The third-order valence-electron chi connectivity index (χ3n) is 4.10. The van der Waals surface area contributed by atoms with Gasteiger partial charge in [0.05, 0.1) is 29.3 Å². The van der Waals surface area contributed by atoms with E-state index in [9.17, 15) is 0 Å². The van der Waals surface area contributed by atoms with Crippen molar-refractivity contribution in [2.45, 2.75) is 13.3 Å². The van der Waals surface area contributed by atoms with E-state index in [1.165, 1.54) is 0 Å². The van der Waals surface area contributed by atoms with Gasteiger partial charge in [0.15, 0.2) is 0 Å².